The molecule has 1 aromatic rings. The zero-order chi connectivity index (χ0) is 13.3. The number of aromatic nitrogens is 1. The van der Waals surface area contributed by atoms with Crippen LogP contribution in [-0.4, -0.2) is 53.7 Å². The monoisotopic (exact) mass is 269 g/mol. The molecule has 100 valence electrons. The van der Waals surface area contributed by atoms with Gasteiger partial charge in [0.15, 0.2) is 5.13 Å². The number of piperazine rings is 1. The van der Waals surface area contributed by atoms with Gasteiger partial charge in [-0.05, 0) is 20.4 Å². The SMILES string of the molecule is CCC1CN(c2nc(C)c(C(=O)O)s2)CCN1C. The van der Waals surface area contributed by atoms with Crippen LogP contribution in [0.25, 0.3) is 0 Å². The minimum atomic E-state index is -0.877. The average molecular weight is 269 g/mol. The molecule has 1 aliphatic heterocycles. The van der Waals surface area contributed by atoms with E-state index in [1.807, 2.05) is 0 Å². The van der Waals surface area contributed by atoms with Gasteiger partial charge in [0.1, 0.15) is 4.88 Å². The van der Waals surface area contributed by atoms with E-state index in [1.54, 1.807) is 6.92 Å². The molecule has 0 spiro atoms. The molecule has 18 heavy (non-hydrogen) atoms. The van der Waals surface area contributed by atoms with Gasteiger partial charge in [-0.3, -0.25) is 4.90 Å². The Bertz CT molecular complexity index is 447. The zero-order valence-electron chi connectivity index (χ0n) is 11.0. The van der Waals surface area contributed by atoms with Crippen molar-refractivity contribution < 1.29 is 9.90 Å². The van der Waals surface area contributed by atoms with Crippen LogP contribution < -0.4 is 4.90 Å². The number of likely N-dealkylation sites (N-methyl/N-ethyl adjacent to an activating group) is 1. The molecule has 0 bridgehead atoms. The fourth-order valence-corrected chi connectivity index (χ4v) is 3.22. The van der Waals surface area contributed by atoms with Gasteiger partial charge in [-0.1, -0.05) is 18.3 Å². The lowest BCUT2D eigenvalue weighted by Crippen LogP contribution is -2.51. The van der Waals surface area contributed by atoms with Gasteiger partial charge in [-0.2, -0.15) is 0 Å². The van der Waals surface area contributed by atoms with Crippen molar-refractivity contribution in [2.24, 2.45) is 0 Å². The number of nitrogens with zero attached hydrogens (tertiary/aromatic N) is 3. The van der Waals surface area contributed by atoms with Crippen LogP contribution in [0.4, 0.5) is 5.13 Å². The van der Waals surface area contributed by atoms with Crippen molar-refractivity contribution >= 4 is 22.4 Å². The van der Waals surface area contributed by atoms with Crippen molar-refractivity contribution in [3.63, 3.8) is 0 Å². The first-order valence-corrected chi connectivity index (χ1v) is 7.00. The van der Waals surface area contributed by atoms with E-state index in [4.69, 9.17) is 5.11 Å². The van der Waals surface area contributed by atoms with E-state index in [-0.39, 0.29) is 0 Å². The molecule has 1 aliphatic rings. The van der Waals surface area contributed by atoms with E-state index >= 15 is 0 Å². The second-order valence-electron chi connectivity index (χ2n) is 4.70. The molecule has 0 radical (unpaired) electrons. The Morgan fingerprint density at radius 3 is 2.83 bits per heavy atom. The molecule has 0 amide bonds. The molecule has 1 unspecified atom stereocenters. The first-order valence-electron chi connectivity index (χ1n) is 6.18. The predicted octanol–water partition coefficient (Wildman–Crippen LogP) is 1.68. The highest BCUT2D eigenvalue weighted by molar-refractivity contribution is 7.17. The lowest BCUT2D eigenvalue weighted by Gasteiger charge is -2.39. The fourth-order valence-electron chi connectivity index (χ4n) is 2.28. The van der Waals surface area contributed by atoms with Crippen LogP contribution in [0.15, 0.2) is 0 Å². The minimum Gasteiger partial charge on any atom is -0.477 e. The second kappa shape index (κ2) is 5.24. The summed E-state index contributed by atoms with van der Waals surface area (Å²) >= 11 is 1.28. The van der Waals surface area contributed by atoms with Crippen LogP contribution in [0, 0.1) is 6.92 Å². The summed E-state index contributed by atoms with van der Waals surface area (Å²) in [4.78, 5) is 20.3. The van der Waals surface area contributed by atoms with Gasteiger partial charge in [0, 0.05) is 25.7 Å². The van der Waals surface area contributed by atoms with Crippen LogP contribution >= 0.6 is 11.3 Å². The third-order valence-corrected chi connectivity index (χ3v) is 4.70. The van der Waals surface area contributed by atoms with Gasteiger partial charge < -0.3 is 10.0 Å². The average Bonchev–Trinajstić information content (AvgIpc) is 2.72. The zero-order valence-corrected chi connectivity index (χ0v) is 11.8. The van der Waals surface area contributed by atoms with Gasteiger partial charge in [-0.15, -0.1) is 0 Å². The Morgan fingerprint density at radius 1 is 1.56 bits per heavy atom. The summed E-state index contributed by atoms with van der Waals surface area (Å²) in [6.07, 6.45) is 1.10. The van der Waals surface area contributed by atoms with Gasteiger partial charge >= 0.3 is 5.97 Å². The van der Waals surface area contributed by atoms with Crippen molar-refractivity contribution in [3.8, 4) is 0 Å². The Labute approximate surface area is 111 Å². The number of thiazole rings is 1. The number of carbonyl (C=O) groups is 1. The number of aryl methyl sites for hydroxylation is 1. The van der Waals surface area contributed by atoms with E-state index in [0.717, 1.165) is 31.2 Å². The molecule has 1 atom stereocenters. The Balaban J connectivity index is 2.17. The minimum absolute atomic E-state index is 0.358. The second-order valence-corrected chi connectivity index (χ2v) is 5.68. The summed E-state index contributed by atoms with van der Waals surface area (Å²) in [5, 5.41) is 9.91. The highest BCUT2D eigenvalue weighted by Crippen LogP contribution is 2.28. The normalized spacial score (nSPS) is 21.3. The smallest absolute Gasteiger partial charge is 0.347 e. The van der Waals surface area contributed by atoms with Crippen molar-refractivity contribution in [1.82, 2.24) is 9.88 Å². The van der Waals surface area contributed by atoms with Crippen molar-refractivity contribution in [2.45, 2.75) is 26.3 Å². The van der Waals surface area contributed by atoms with E-state index in [2.05, 4.69) is 28.8 Å². The van der Waals surface area contributed by atoms with Crippen LogP contribution in [0.5, 0.6) is 0 Å². The molecule has 0 aromatic carbocycles. The van der Waals surface area contributed by atoms with Crippen molar-refractivity contribution in [1.29, 1.82) is 0 Å². The lowest BCUT2D eigenvalue weighted by atomic mass is 10.1. The quantitative estimate of drug-likeness (QED) is 0.904. The van der Waals surface area contributed by atoms with E-state index in [1.165, 1.54) is 11.3 Å². The molecule has 2 heterocycles. The number of hydrogen-bond donors (Lipinski definition) is 1. The summed E-state index contributed by atoms with van der Waals surface area (Å²) in [6, 6.07) is 0.524. The molecule has 1 fully saturated rings. The van der Waals surface area contributed by atoms with E-state index in [0.29, 0.717) is 16.6 Å². The third-order valence-electron chi connectivity index (χ3n) is 3.50. The topological polar surface area (TPSA) is 56.7 Å². The highest BCUT2D eigenvalue weighted by Gasteiger charge is 2.26. The number of rotatable bonds is 3. The van der Waals surface area contributed by atoms with Crippen molar-refractivity contribution in [3.05, 3.63) is 10.6 Å². The molecular formula is C12H19N3O2S. The van der Waals surface area contributed by atoms with Crippen LogP contribution in [-0.2, 0) is 0 Å². The number of anilines is 1. The molecule has 0 saturated carbocycles. The molecule has 5 nitrogen and oxygen atoms in total. The van der Waals surface area contributed by atoms with E-state index < -0.39 is 5.97 Å². The first kappa shape index (κ1) is 13.3. The first-order chi connectivity index (χ1) is 8.52. The molecule has 1 aromatic heterocycles. The fraction of sp³-hybridized carbons (Fsp3) is 0.667. The summed E-state index contributed by atoms with van der Waals surface area (Å²) in [7, 11) is 2.14. The molecular weight excluding hydrogens is 250 g/mol. The molecule has 6 heteroatoms. The van der Waals surface area contributed by atoms with Gasteiger partial charge in [-0.25, -0.2) is 9.78 Å². The Hall–Kier alpha value is -1.14. The van der Waals surface area contributed by atoms with Crippen LogP contribution in [0.2, 0.25) is 0 Å². The van der Waals surface area contributed by atoms with Gasteiger partial charge in [0.25, 0.3) is 0 Å². The Morgan fingerprint density at radius 2 is 2.28 bits per heavy atom. The third kappa shape index (κ3) is 2.49. The molecule has 1 N–H and O–H groups in total. The summed E-state index contributed by atoms with van der Waals surface area (Å²) < 4.78 is 0. The van der Waals surface area contributed by atoms with Crippen LogP contribution in [0.3, 0.4) is 0 Å². The maximum Gasteiger partial charge on any atom is 0.347 e. The summed E-state index contributed by atoms with van der Waals surface area (Å²) in [5.74, 6) is -0.877. The number of hydrogen-bond acceptors (Lipinski definition) is 5. The van der Waals surface area contributed by atoms with Crippen LogP contribution in [0.1, 0.15) is 28.7 Å². The molecule has 0 aliphatic carbocycles. The lowest BCUT2D eigenvalue weighted by molar-refractivity contribution is 0.0701. The largest absolute Gasteiger partial charge is 0.477 e. The van der Waals surface area contributed by atoms with E-state index in [9.17, 15) is 4.79 Å². The Kier molecular flexibility index (Phi) is 3.87. The summed E-state index contributed by atoms with van der Waals surface area (Å²) in [5.41, 5.74) is 0.620. The maximum atomic E-state index is 11.0. The number of aromatic carboxylic acids is 1. The summed E-state index contributed by atoms with van der Waals surface area (Å²) in [6.45, 7) is 6.79. The number of carboxylic acid groups (broad SMARTS) is 1. The number of carboxylic acids is 1. The van der Waals surface area contributed by atoms with Crippen molar-refractivity contribution in [2.75, 3.05) is 31.6 Å². The van der Waals surface area contributed by atoms with Gasteiger partial charge in [0.2, 0.25) is 0 Å². The standard InChI is InChI=1S/C12H19N3O2S/c1-4-9-7-15(6-5-14(9)3)12-13-8(2)10(18-12)11(16)17/h9H,4-7H2,1-3H3,(H,16,17). The predicted molar refractivity (Wildman–Crippen MR) is 72.7 cm³/mol. The van der Waals surface area contributed by atoms with Gasteiger partial charge in [0.05, 0.1) is 5.69 Å². The maximum absolute atomic E-state index is 11.0. The molecule has 1 saturated heterocycles. The molecule has 2 rings (SSSR count). The highest BCUT2D eigenvalue weighted by atomic mass is 32.1.